The van der Waals surface area contributed by atoms with Crippen molar-refractivity contribution in [3.63, 3.8) is 0 Å². The fourth-order valence-corrected chi connectivity index (χ4v) is 2.95. The van der Waals surface area contributed by atoms with Crippen LogP contribution in [-0.4, -0.2) is 30.0 Å². The summed E-state index contributed by atoms with van der Waals surface area (Å²) in [6.07, 6.45) is 2.05. The molecule has 1 atom stereocenters. The van der Waals surface area contributed by atoms with E-state index in [1.54, 1.807) is 11.3 Å². The van der Waals surface area contributed by atoms with Gasteiger partial charge in [-0.3, -0.25) is 4.39 Å². The molecule has 0 amide bonds. The van der Waals surface area contributed by atoms with Gasteiger partial charge in [0, 0.05) is 24.4 Å². The van der Waals surface area contributed by atoms with E-state index in [4.69, 9.17) is 0 Å². The van der Waals surface area contributed by atoms with Gasteiger partial charge >= 0.3 is 0 Å². The van der Waals surface area contributed by atoms with Gasteiger partial charge in [0.2, 0.25) is 5.13 Å². The normalized spacial score (nSPS) is 21.9. The van der Waals surface area contributed by atoms with Crippen LogP contribution in [0.3, 0.4) is 0 Å². The first kappa shape index (κ1) is 12.7. The van der Waals surface area contributed by atoms with Crippen LogP contribution >= 0.6 is 11.3 Å². The molecular formula is C12H20FN3S. The first-order valence-corrected chi connectivity index (χ1v) is 6.97. The smallest absolute Gasteiger partial charge is 0.208 e. The molecule has 0 bridgehead atoms. The van der Waals surface area contributed by atoms with Gasteiger partial charge in [-0.1, -0.05) is 32.1 Å². The number of hydrogen-bond donors (Lipinski definition) is 0. The lowest BCUT2D eigenvalue weighted by molar-refractivity contribution is 0.315. The van der Waals surface area contributed by atoms with Crippen LogP contribution < -0.4 is 4.90 Å². The van der Waals surface area contributed by atoms with E-state index in [-0.39, 0.29) is 18.0 Å². The summed E-state index contributed by atoms with van der Waals surface area (Å²) in [7, 11) is 0. The minimum absolute atomic E-state index is 0.0468. The molecule has 0 radical (unpaired) electrons. The molecule has 0 N–H and O–H groups in total. The van der Waals surface area contributed by atoms with Crippen molar-refractivity contribution in [2.75, 3.05) is 24.7 Å². The summed E-state index contributed by atoms with van der Waals surface area (Å²) in [5, 5.41) is 10.5. The molecule has 0 aliphatic carbocycles. The minimum atomic E-state index is -0.221. The molecular weight excluding hydrogens is 237 g/mol. The summed E-state index contributed by atoms with van der Waals surface area (Å²) in [6, 6.07) is 0. The van der Waals surface area contributed by atoms with Gasteiger partial charge in [0.25, 0.3) is 0 Å². The maximum absolute atomic E-state index is 12.7. The first-order valence-electron chi connectivity index (χ1n) is 6.15. The van der Waals surface area contributed by atoms with Crippen LogP contribution in [0.4, 0.5) is 9.52 Å². The first-order chi connectivity index (χ1) is 8.00. The van der Waals surface area contributed by atoms with Crippen LogP contribution in [0.15, 0.2) is 0 Å². The molecule has 5 heteroatoms. The van der Waals surface area contributed by atoms with Crippen molar-refractivity contribution in [3.05, 3.63) is 5.01 Å². The minimum Gasteiger partial charge on any atom is -0.346 e. The Balaban J connectivity index is 2.09. The van der Waals surface area contributed by atoms with Crippen LogP contribution in [0.1, 0.15) is 38.6 Å². The second-order valence-corrected chi connectivity index (χ2v) is 6.70. The van der Waals surface area contributed by atoms with Gasteiger partial charge in [-0.25, -0.2) is 0 Å². The van der Waals surface area contributed by atoms with Crippen LogP contribution in [0, 0.1) is 5.92 Å². The molecule has 0 spiro atoms. The van der Waals surface area contributed by atoms with E-state index in [9.17, 15) is 4.39 Å². The van der Waals surface area contributed by atoms with Crippen molar-refractivity contribution in [2.45, 2.75) is 39.0 Å². The number of alkyl halides is 1. The molecule has 1 saturated heterocycles. The van der Waals surface area contributed by atoms with Crippen molar-refractivity contribution < 1.29 is 4.39 Å². The average Bonchev–Trinajstić information content (AvgIpc) is 2.78. The van der Waals surface area contributed by atoms with Crippen LogP contribution in [0.2, 0.25) is 0 Å². The number of aromatic nitrogens is 2. The molecule has 2 heterocycles. The standard InChI is InChI=1S/C12H20FN3S/c1-12(2,3)10-14-15-11(17-10)16-6-4-5-9(7-13)8-16/h9H,4-8H2,1-3H3. The van der Waals surface area contributed by atoms with E-state index in [2.05, 4.69) is 35.9 Å². The summed E-state index contributed by atoms with van der Waals surface area (Å²) in [5.74, 6) is 0.172. The molecule has 0 aromatic carbocycles. The van der Waals surface area contributed by atoms with Gasteiger partial charge in [-0.15, -0.1) is 10.2 Å². The predicted octanol–water partition coefficient (Wildman–Crippen LogP) is 3.02. The summed E-state index contributed by atoms with van der Waals surface area (Å²) in [4.78, 5) is 2.18. The third-order valence-corrected chi connectivity index (χ3v) is 4.47. The summed E-state index contributed by atoms with van der Waals surface area (Å²) >= 11 is 1.64. The lowest BCUT2D eigenvalue weighted by atomic mass is 9.98. The molecule has 0 saturated carbocycles. The molecule has 1 aromatic heterocycles. The van der Waals surface area contributed by atoms with E-state index < -0.39 is 0 Å². The summed E-state index contributed by atoms with van der Waals surface area (Å²) in [6.45, 7) is 7.96. The molecule has 2 rings (SSSR count). The number of anilines is 1. The highest BCUT2D eigenvalue weighted by atomic mass is 32.1. The number of nitrogens with zero attached hydrogens (tertiary/aromatic N) is 3. The summed E-state index contributed by atoms with van der Waals surface area (Å²) < 4.78 is 12.7. The Labute approximate surface area is 106 Å². The molecule has 1 unspecified atom stereocenters. The summed E-state index contributed by atoms with van der Waals surface area (Å²) in [5.41, 5.74) is 0.0468. The zero-order chi connectivity index (χ0) is 12.5. The van der Waals surface area contributed by atoms with E-state index in [0.29, 0.717) is 0 Å². The van der Waals surface area contributed by atoms with Gasteiger partial charge in [-0.05, 0) is 12.8 Å². The molecule has 1 aliphatic heterocycles. The number of piperidine rings is 1. The maximum Gasteiger partial charge on any atom is 0.208 e. The quantitative estimate of drug-likeness (QED) is 0.815. The Kier molecular flexibility index (Phi) is 3.66. The lowest BCUT2D eigenvalue weighted by Gasteiger charge is -2.30. The Morgan fingerprint density at radius 2 is 2.18 bits per heavy atom. The molecule has 1 fully saturated rings. The van der Waals surface area contributed by atoms with Gasteiger partial charge in [0.15, 0.2) is 0 Å². The van der Waals surface area contributed by atoms with Crippen molar-refractivity contribution in [2.24, 2.45) is 5.92 Å². The topological polar surface area (TPSA) is 29.0 Å². The molecule has 17 heavy (non-hydrogen) atoms. The Morgan fingerprint density at radius 3 is 2.76 bits per heavy atom. The highest BCUT2D eigenvalue weighted by Crippen LogP contribution is 2.31. The van der Waals surface area contributed by atoms with Gasteiger partial charge < -0.3 is 4.90 Å². The van der Waals surface area contributed by atoms with Crippen molar-refractivity contribution >= 4 is 16.5 Å². The Bertz CT molecular complexity index is 372. The van der Waals surface area contributed by atoms with E-state index in [0.717, 1.165) is 36.1 Å². The zero-order valence-corrected chi connectivity index (χ0v) is 11.6. The molecule has 3 nitrogen and oxygen atoms in total. The highest BCUT2D eigenvalue weighted by Gasteiger charge is 2.25. The number of hydrogen-bond acceptors (Lipinski definition) is 4. The fraction of sp³-hybridized carbons (Fsp3) is 0.833. The number of halogens is 1. The highest BCUT2D eigenvalue weighted by molar-refractivity contribution is 7.15. The van der Waals surface area contributed by atoms with Crippen molar-refractivity contribution in [3.8, 4) is 0 Å². The third kappa shape index (κ3) is 2.94. The average molecular weight is 257 g/mol. The van der Waals surface area contributed by atoms with Gasteiger partial charge in [0.05, 0.1) is 6.67 Å². The van der Waals surface area contributed by atoms with Crippen molar-refractivity contribution in [1.82, 2.24) is 10.2 Å². The van der Waals surface area contributed by atoms with Crippen LogP contribution in [0.5, 0.6) is 0 Å². The monoisotopic (exact) mass is 257 g/mol. The van der Waals surface area contributed by atoms with Crippen LogP contribution in [0.25, 0.3) is 0 Å². The van der Waals surface area contributed by atoms with E-state index in [1.165, 1.54) is 0 Å². The SMILES string of the molecule is CC(C)(C)c1nnc(N2CCCC(CF)C2)s1. The van der Waals surface area contributed by atoms with E-state index in [1.807, 2.05) is 0 Å². The second-order valence-electron chi connectivity index (χ2n) is 5.75. The van der Waals surface area contributed by atoms with Crippen molar-refractivity contribution in [1.29, 1.82) is 0 Å². The molecule has 1 aliphatic rings. The van der Waals surface area contributed by atoms with Gasteiger partial charge in [-0.2, -0.15) is 0 Å². The fourth-order valence-electron chi connectivity index (χ4n) is 2.01. The third-order valence-electron chi connectivity index (χ3n) is 3.06. The lowest BCUT2D eigenvalue weighted by Crippen LogP contribution is -2.36. The maximum atomic E-state index is 12.7. The molecule has 96 valence electrons. The predicted molar refractivity (Wildman–Crippen MR) is 69.5 cm³/mol. The second kappa shape index (κ2) is 4.88. The Hall–Kier alpha value is -0.710. The van der Waals surface area contributed by atoms with Gasteiger partial charge in [0.1, 0.15) is 5.01 Å². The Morgan fingerprint density at radius 1 is 1.41 bits per heavy atom. The zero-order valence-electron chi connectivity index (χ0n) is 10.7. The molecule has 1 aromatic rings. The van der Waals surface area contributed by atoms with Crippen LogP contribution in [-0.2, 0) is 5.41 Å². The van der Waals surface area contributed by atoms with E-state index >= 15 is 0 Å². The number of rotatable bonds is 2. The largest absolute Gasteiger partial charge is 0.346 e.